The zero-order valence-corrected chi connectivity index (χ0v) is 15.2. The number of anilines is 1. The number of carbonyl (C=O) groups excluding carboxylic acids is 1. The second-order valence-electron chi connectivity index (χ2n) is 6.39. The number of hydrogen-bond acceptors (Lipinski definition) is 6. The van der Waals surface area contributed by atoms with Crippen LogP contribution >= 0.6 is 0 Å². The van der Waals surface area contributed by atoms with Crippen molar-refractivity contribution in [2.45, 2.75) is 19.6 Å². The number of nitrogens with one attached hydrogen (secondary N) is 1. The summed E-state index contributed by atoms with van der Waals surface area (Å²) in [7, 11) is 0. The van der Waals surface area contributed by atoms with Crippen LogP contribution in [0.1, 0.15) is 29.7 Å². The summed E-state index contributed by atoms with van der Waals surface area (Å²) in [5.74, 6) is 0.121. The second kappa shape index (κ2) is 7.37. The average Bonchev–Trinajstić information content (AvgIpc) is 3.20. The third kappa shape index (κ3) is 3.23. The van der Waals surface area contributed by atoms with Gasteiger partial charge in [0.15, 0.2) is 0 Å². The van der Waals surface area contributed by atoms with E-state index in [1.165, 1.54) is 6.33 Å². The summed E-state index contributed by atoms with van der Waals surface area (Å²) in [6.07, 6.45) is 1.44. The molecule has 7 nitrogen and oxygen atoms in total. The van der Waals surface area contributed by atoms with E-state index in [0.29, 0.717) is 22.8 Å². The van der Waals surface area contributed by atoms with Crippen LogP contribution in [0.4, 0.5) is 5.95 Å². The number of fused-ring (bicyclic) bond motifs is 1. The van der Waals surface area contributed by atoms with Gasteiger partial charge in [-0.3, -0.25) is 0 Å². The highest BCUT2D eigenvalue weighted by molar-refractivity contribution is 5.92. The minimum Gasteiger partial charge on any atom is -0.457 e. The van der Waals surface area contributed by atoms with Crippen molar-refractivity contribution >= 4 is 11.9 Å². The molecule has 0 amide bonds. The van der Waals surface area contributed by atoms with Gasteiger partial charge in [-0.15, -0.1) is 0 Å². The van der Waals surface area contributed by atoms with Crippen molar-refractivity contribution < 1.29 is 9.53 Å². The molecule has 2 aromatic carbocycles. The second-order valence-corrected chi connectivity index (χ2v) is 6.39. The molecule has 1 N–H and O–H groups in total. The maximum atomic E-state index is 13.0. The lowest BCUT2D eigenvalue weighted by Crippen LogP contribution is -2.29. The Balaban J connectivity index is 1.68. The molecule has 0 saturated heterocycles. The maximum absolute atomic E-state index is 13.0. The van der Waals surface area contributed by atoms with Crippen LogP contribution in [0.25, 0.3) is 0 Å². The summed E-state index contributed by atoms with van der Waals surface area (Å²) in [5, 5.41) is 16.4. The number of ether oxygens (including phenoxy) is 1. The maximum Gasteiger partial charge on any atom is 0.338 e. The molecule has 4 rings (SSSR count). The molecule has 7 heteroatoms. The number of benzene rings is 2. The Labute approximate surface area is 161 Å². The van der Waals surface area contributed by atoms with Crippen LogP contribution < -0.4 is 5.32 Å². The van der Waals surface area contributed by atoms with Gasteiger partial charge in [0.05, 0.1) is 17.2 Å². The van der Waals surface area contributed by atoms with Crippen molar-refractivity contribution in [1.29, 1.82) is 5.26 Å². The van der Waals surface area contributed by atoms with Crippen molar-refractivity contribution in [3.8, 4) is 6.07 Å². The topological polar surface area (TPSA) is 92.8 Å². The monoisotopic (exact) mass is 371 g/mol. The van der Waals surface area contributed by atoms with Gasteiger partial charge in [-0.05, 0) is 30.2 Å². The lowest BCUT2D eigenvalue weighted by molar-refractivity contribution is -0.140. The number of aromatic nitrogens is 3. The van der Waals surface area contributed by atoms with E-state index in [0.717, 1.165) is 11.1 Å². The number of carbonyl (C=O) groups is 1. The molecule has 0 aliphatic carbocycles. The van der Waals surface area contributed by atoms with E-state index in [1.54, 1.807) is 16.8 Å². The fourth-order valence-corrected chi connectivity index (χ4v) is 3.20. The van der Waals surface area contributed by atoms with Gasteiger partial charge < -0.3 is 10.1 Å². The summed E-state index contributed by atoms with van der Waals surface area (Å²) >= 11 is 0. The van der Waals surface area contributed by atoms with E-state index < -0.39 is 12.0 Å². The predicted molar refractivity (Wildman–Crippen MR) is 102 cm³/mol. The van der Waals surface area contributed by atoms with Gasteiger partial charge in [-0.2, -0.15) is 15.3 Å². The van der Waals surface area contributed by atoms with Crippen LogP contribution in [0.15, 0.2) is 72.2 Å². The molecule has 1 aliphatic rings. The van der Waals surface area contributed by atoms with Gasteiger partial charge >= 0.3 is 5.97 Å². The highest BCUT2D eigenvalue weighted by Crippen LogP contribution is 2.35. The Morgan fingerprint density at radius 1 is 1.21 bits per heavy atom. The summed E-state index contributed by atoms with van der Waals surface area (Å²) in [6, 6.07) is 18.2. The molecule has 2 heterocycles. The summed E-state index contributed by atoms with van der Waals surface area (Å²) in [5.41, 5.74) is 3.39. The van der Waals surface area contributed by atoms with Crippen molar-refractivity contribution in [2.24, 2.45) is 0 Å². The van der Waals surface area contributed by atoms with E-state index in [2.05, 4.69) is 21.5 Å². The minimum atomic E-state index is -0.491. The molecule has 1 aliphatic heterocycles. The molecule has 0 saturated carbocycles. The van der Waals surface area contributed by atoms with Crippen molar-refractivity contribution in [3.05, 3.63) is 88.9 Å². The van der Waals surface area contributed by atoms with E-state index in [-0.39, 0.29) is 6.61 Å². The first-order valence-corrected chi connectivity index (χ1v) is 8.76. The van der Waals surface area contributed by atoms with Gasteiger partial charge in [0.2, 0.25) is 5.95 Å². The molecular weight excluding hydrogens is 354 g/mol. The van der Waals surface area contributed by atoms with Gasteiger partial charge in [-0.25, -0.2) is 9.48 Å². The fraction of sp³-hybridized carbons (Fsp3) is 0.143. The largest absolute Gasteiger partial charge is 0.457 e. The third-order valence-corrected chi connectivity index (χ3v) is 4.58. The average molecular weight is 371 g/mol. The van der Waals surface area contributed by atoms with Crippen molar-refractivity contribution in [1.82, 2.24) is 14.8 Å². The highest BCUT2D eigenvalue weighted by atomic mass is 16.5. The number of hydrogen-bond donors (Lipinski definition) is 1. The summed E-state index contributed by atoms with van der Waals surface area (Å²) in [4.78, 5) is 17.2. The quantitative estimate of drug-likeness (QED) is 0.708. The van der Waals surface area contributed by atoms with Gasteiger partial charge in [0, 0.05) is 5.70 Å². The highest BCUT2D eigenvalue weighted by Gasteiger charge is 2.34. The molecule has 0 fully saturated rings. The van der Waals surface area contributed by atoms with Gasteiger partial charge in [0.1, 0.15) is 19.0 Å². The smallest absolute Gasteiger partial charge is 0.338 e. The van der Waals surface area contributed by atoms with Crippen LogP contribution in [-0.4, -0.2) is 20.7 Å². The van der Waals surface area contributed by atoms with Gasteiger partial charge in [0.25, 0.3) is 0 Å². The molecular formula is C21H17N5O2. The van der Waals surface area contributed by atoms with Crippen LogP contribution in [0.2, 0.25) is 0 Å². The van der Waals surface area contributed by atoms with E-state index >= 15 is 0 Å². The Kier molecular flexibility index (Phi) is 4.60. The third-order valence-electron chi connectivity index (χ3n) is 4.58. The molecule has 0 radical (unpaired) electrons. The Hall–Kier alpha value is -3.92. The minimum absolute atomic E-state index is 0.181. The molecule has 28 heavy (non-hydrogen) atoms. The van der Waals surface area contributed by atoms with E-state index in [9.17, 15) is 4.79 Å². The predicted octanol–water partition coefficient (Wildman–Crippen LogP) is 3.18. The molecule has 1 atom stereocenters. The molecule has 0 spiro atoms. The van der Waals surface area contributed by atoms with Crippen LogP contribution in [0, 0.1) is 11.3 Å². The lowest BCUT2D eigenvalue weighted by atomic mass is 9.95. The van der Waals surface area contributed by atoms with Crippen molar-refractivity contribution in [2.75, 3.05) is 5.32 Å². The molecule has 0 unspecified atom stereocenters. The zero-order valence-electron chi connectivity index (χ0n) is 15.2. The standard InChI is InChI=1S/C21H17N5O2/c1-14-18(20(27)28-12-16-5-3-2-4-6-16)19(26-21(25-14)23-13-24-26)17-9-7-15(11-22)8-10-17/h2-10,13,19H,12H2,1H3,(H,23,24,25)/t19-/m1/s1. The number of nitriles is 1. The normalized spacial score (nSPS) is 15.4. The fourth-order valence-electron chi connectivity index (χ4n) is 3.20. The van der Waals surface area contributed by atoms with Crippen LogP contribution in [0.3, 0.4) is 0 Å². The lowest BCUT2D eigenvalue weighted by Gasteiger charge is -2.28. The SMILES string of the molecule is CC1=C(C(=O)OCc2ccccc2)[C@@H](c2ccc(C#N)cc2)n2ncnc2N1. The molecule has 3 aromatic rings. The Morgan fingerprint density at radius 3 is 2.68 bits per heavy atom. The molecule has 138 valence electrons. The Bertz CT molecular complexity index is 1080. The first kappa shape index (κ1) is 17.5. The van der Waals surface area contributed by atoms with Crippen LogP contribution in [0.5, 0.6) is 0 Å². The summed E-state index contributed by atoms with van der Waals surface area (Å²) in [6.45, 7) is 1.99. The van der Waals surface area contributed by atoms with Gasteiger partial charge in [-0.1, -0.05) is 42.5 Å². The molecule has 0 bridgehead atoms. The number of esters is 1. The Morgan fingerprint density at radius 2 is 1.96 bits per heavy atom. The zero-order chi connectivity index (χ0) is 19.5. The number of rotatable bonds is 4. The van der Waals surface area contributed by atoms with Crippen LogP contribution in [-0.2, 0) is 16.1 Å². The number of allylic oxidation sites excluding steroid dienone is 1. The number of nitrogens with zero attached hydrogens (tertiary/aromatic N) is 4. The first-order chi connectivity index (χ1) is 13.7. The van der Waals surface area contributed by atoms with E-state index in [4.69, 9.17) is 10.00 Å². The first-order valence-electron chi connectivity index (χ1n) is 8.76. The van der Waals surface area contributed by atoms with Crippen molar-refractivity contribution in [3.63, 3.8) is 0 Å². The summed E-state index contributed by atoms with van der Waals surface area (Å²) < 4.78 is 7.22. The van der Waals surface area contributed by atoms with E-state index in [1.807, 2.05) is 49.4 Å². The molecule has 1 aromatic heterocycles.